The Morgan fingerprint density at radius 2 is 1.61 bits per heavy atom. The Balaban J connectivity index is 1.51. The minimum Gasteiger partial charge on any atom is -0.376 e. The molecule has 2 atom stereocenters. The van der Waals surface area contributed by atoms with Gasteiger partial charge in [-0.25, -0.2) is 0 Å². The molecule has 8 heteroatoms. The van der Waals surface area contributed by atoms with Gasteiger partial charge in [0.1, 0.15) is 18.3 Å². The fourth-order valence-corrected chi connectivity index (χ4v) is 7.03. The van der Waals surface area contributed by atoms with Crippen LogP contribution in [0.4, 0.5) is 5.69 Å². The quantitative estimate of drug-likeness (QED) is 0.432. The van der Waals surface area contributed by atoms with E-state index in [1.165, 1.54) is 51.4 Å². The molecule has 5 rings (SSSR count). The highest BCUT2D eigenvalue weighted by Gasteiger charge is 2.41. The van der Waals surface area contributed by atoms with E-state index >= 15 is 0 Å². The van der Waals surface area contributed by atoms with Crippen molar-refractivity contribution in [3.05, 3.63) is 23.4 Å². The van der Waals surface area contributed by atoms with Crippen molar-refractivity contribution >= 4 is 34.1 Å². The van der Waals surface area contributed by atoms with Crippen LogP contribution < -0.4 is 4.90 Å². The molecule has 0 aliphatic carbocycles. The van der Waals surface area contributed by atoms with Gasteiger partial charge in [0.2, 0.25) is 5.91 Å². The second-order valence-corrected chi connectivity index (χ2v) is 12.2. The fraction of sp³-hybridized carbons (Fsp3) is 0.697. The van der Waals surface area contributed by atoms with Crippen LogP contribution in [-0.4, -0.2) is 70.5 Å². The zero-order valence-electron chi connectivity index (χ0n) is 25.2. The average Bonchev–Trinajstić information content (AvgIpc) is 3.72. The molecule has 8 nitrogen and oxygen atoms in total. The van der Waals surface area contributed by atoms with Gasteiger partial charge in [0.05, 0.1) is 11.6 Å². The van der Waals surface area contributed by atoms with Crippen LogP contribution in [0, 0.1) is 0 Å². The van der Waals surface area contributed by atoms with Crippen LogP contribution in [0.1, 0.15) is 113 Å². The molecule has 3 aliphatic rings. The summed E-state index contributed by atoms with van der Waals surface area (Å²) in [4.78, 5) is 43.8. The third-order valence-electron chi connectivity index (χ3n) is 9.26. The fourth-order valence-electron chi connectivity index (χ4n) is 7.03. The molecule has 3 aliphatic heterocycles. The number of hydrogen-bond acceptors (Lipinski definition) is 6. The van der Waals surface area contributed by atoms with Crippen molar-refractivity contribution in [1.29, 1.82) is 0 Å². The number of ketones is 2. The lowest BCUT2D eigenvalue weighted by Gasteiger charge is -2.27. The largest absolute Gasteiger partial charge is 0.376 e. The summed E-state index contributed by atoms with van der Waals surface area (Å²) in [6, 6.07) is 3.83. The summed E-state index contributed by atoms with van der Waals surface area (Å²) in [6.45, 7) is 6.62. The molecule has 2 bridgehead atoms. The predicted octanol–water partition coefficient (Wildman–Crippen LogP) is 5.87. The normalized spacial score (nSPS) is 23.7. The van der Waals surface area contributed by atoms with E-state index in [0.29, 0.717) is 31.7 Å². The zero-order chi connectivity index (χ0) is 28.8. The van der Waals surface area contributed by atoms with E-state index in [0.717, 1.165) is 60.9 Å². The molecule has 224 valence electrons. The van der Waals surface area contributed by atoms with Crippen molar-refractivity contribution in [1.82, 2.24) is 14.7 Å². The molecule has 1 amide bonds. The maximum absolute atomic E-state index is 13.8. The third kappa shape index (κ3) is 6.85. The number of Topliss-reactive ketones (excluding diaryl/α,β-unsaturated/α-hetero) is 2. The Bertz CT molecular complexity index is 1230. The maximum Gasteiger partial charge on any atom is 0.245 e. The summed E-state index contributed by atoms with van der Waals surface area (Å²) >= 11 is 0. The lowest BCUT2D eigenvalue weighted by atomic mass is 10.00. The van der Waals surface area contributed by atoms with Gasteiger partial charge in [-0.05, 0) is 56.2 Å². The average molecular weight is 565 g/mol. The summed E-state index contributed by atoms with van der Waals surface area (Å²) in [5.41, 5.74) is 3.64. The Hall–Kier alpha value is -2.74. The SMILES string of the molecule is CCC(=O)[C@@H]1[C@H]2CCN1C(=O)Cn1nc(C(C)=O)c3cc(N4CCCC4)cc(c31)CCCCCCCCCCCO2. The molecular formula is C33H48N4O4. The van der Waals surface area contributed by atoms with Gasteiger partial charge in [-0.2, -0.15) is 5.10 Å². The van der Waals surface area contributed by atoms with E-state index in [-0.39, 0.29) is 30.1 Å². The van der Waals surface area contributed by atoms with Crippen LogP contribution in [-0.2, 0) is 27.3 Å². The van der Waals surface area contributed by atoms with Crippen molar-refractivity contribution < 1.29 is 19.1 Å². The first kappa shape index (κ1) is 29.7. The molecule has 0 spiro atoms. The molecule has 4 heterocycles. The number of aryl methyl sites for hydroxylation is 1. The predicted molar refractivity (Wildman–Crippen MR) is 162 cm³/mol. The van der Waals surface area contributed by atoms with Crippen LogP contribution in [0.15, 0.2) is 12.1 Å². The van der Waals surface area contributed by atoms with E-state index in [1.54, 1.807) is 16.5 Å². The number of rotatable bonds is 4. The first-order valence-electron chi connectivity index (χ1n) is 16.2. The molecule has 2 aromatic rings. The first-order valence-corrected chi connectivity index (χ1v) is 16.2. The molecule has 0 saturated carbocycles. The van der Waals surface area contributed by atoms with Gasteiger partial charge in [-0.3, -0.25) is 19.1 Å². The highest BCUT2D eigenvalue weighted by Crippen LogP contribution is 2.33. The van der Waals surface area contributed by atoms with Crippen molar-refractivity contribution in [2.24, 2.45) is 0 Å². The molecule has 2 fully saturated rings. The molecule has 2 saturated heterocycles. The molecule has 1 aromatic carbocycles. The van der Waals surface area contributed by atoms with Crippen LogP contribution in [0.5, 0.6) is 0 Å². The Morgan fingerprint density at radius 3 is 2.29 bits per heavy atom. The number of nitrogens with zero attached hydrogens (tertiary/aromatic N) is 4. The number of carbonyl (C=O) groups excluding carboxylic acids is 3. The zero-order valence-corrected chi connectivity index (χ0v) is 25.2. The molecule has 41 heavy (non-hydrogen) atoms. The topological polar surface area (TPSA) is 84.7 Å². The number of benzene rings is 1. The highest BCUT2D eigenvalue weighted by molar-refractivity contribution is 6.07. The van der Waals surface area contributed by atoms with Crippen molar-refractivity contribution in [3.63, 3.8) is 0 Å². The minimum absolute atomic E-state index is 0.0139. The summed E-state index contributed by atoms with van der Waals surface area (Å²) in [6.07, 6.45) is 14.7. The van der Waals surface area contributed by atoms with Gasteiger partial charge < -0.3 is 14.5 Å². The standard InChI is InChI=1S/C33H48N4O4/c1-3-28(39)33-29-16-19-36(33)30(40)23-37-32-25(15-11-9-7-5-4-6-8-10-14-20-41-29)21-26(35-17-12-13-18-35)22-27(32)31(34-37)24(2)38/h21-22,29,33H,3-20,23H2,1-2H3/t29-,33-/m1/s1. The number of fused-ring (bicyclic) bond motifs is 2. The lowest BCUT2D eigenvalue weighted by molar-refractivity contribution is -0.141. The summed E-state index contributed by atoms with van der Waals surface area (Å²) in [7, 11) is 0. The van der Waals surface area contributed by atoms with Crippen LogP contribution in [0.2, 0.25) is 0 Å². The molecule has 0 N–H and O–H groups in total. The third-order valence-corrected chi connectivity index (χ3v) is 9.26. The van der Waals surface area contributed by atoms with E-state index in [1.807, 2.05) is 6.92 Å². The molecule has 0 unspecified atom stereocenters. The minimum atomic E-state index is -0.548. The van der Waals surface area contributed by atoms with Crippen LogP contribution in [0.3, 0.4) is 0 Å². The molecule has 1 aromatic heterocycles. The van der Waals surface area contributed by atoms with Crippen molar-refractivity contribution in [3.8, 4) is 0 Å². The van der Waals surface area contributed by atoms with Gasteiger partial charge in [-0.1, -0.05) is 51.9 Å². The molecule has 0 radical (unpaired) electrons. The number of carbonyl (C=O) groups is 3. The smallest absolute Gasteiger partial charge is 0.245 e. The molecular weight excluding hydrogens is 516 g/mol. The number of hydrogen-bond donors (Lipinski definition) is 0. The van der Waals surface area contributed by atoms with Gasteiger partial charge >= 0.3 is 0 Å². The van der Waals surface area contributed by atoms with Gasteiger partial charge in [0.15, 0.2) is 11.6 Å². The van der Waals surface area contributed by atoms with E-state index in [4.69, 9.17) is 9.84 Å². The van der Waals surface area contributed by atoms with Crippen LogP contribution >= 0.6 is 0 Å². The number of anilines is 1. The number of ether oxygens (including phenoxy) is 1. The highest BCUT2D eigenvalue weighted by atomic mass is 16.5. The van der Waals surface area contributed by atoms with Gasteiger partial charge in [0, 0.05) is 50.7 Å². The second-order valence-electron chi connectivity index (χ2n) is 12.2. The van der Waals surface area contributed by atoms with Crippen LogP contribution in [0.25, 0.3) is 10.9 Å². The van der Waals surface area contributed by atoms with E-state index in [9.17, 15) is 14.4 Å². The Labute approximate surface area is 244 Å². The Kier molecular flexibility index (Phi) is 10.1. The number of aromatic nitrogens is 2. The van der Waals surface area contributed by atoms with Gasteiger partial charge in [-0.15, -0.1) is 0 Å². The summed E-state index contributed by atoms with van der Waals surface area (Å²) in [5, 5.41) is 5.59. The maximum atomic E-state index is 13.8. The summed E-state index contributed by atoms with van der Waals surface area (Å²) in [5.74, 6) is -0.176. The summed E-state index contributed by atoms with van der Waals surface area (Å²) < 4.78 is 7.97. The van der Waals surface area contributed by atoms with E-state index < -0.39 is 6.04 Å². The second kappa shape index (κ2) is 14.0. The van der Waals surface area contributed by atoms with Crippen molar-refractivity contribution in [2.75, 3.05) is 31.1 Å². The van der Waals surface area contributed by atoms with Crippen molar-refractivity contribution in [2.45, 2.75) is 122 Å². The lowest BCUT2D eigenvalue weighted by Crippen LogP contribution is -2.47. The first-order chi connectivity index (χ1) is 20.0. The Morgan fingerprint density at radius 1 is 0.927 bits per heavy atom. The monoisotopic (exact) mass is 564 g/mol. The number of amides is 1. The van der Waals surface area contributed by atoms with E-state index in [2.05, 4.69) is 17.0 Å². The van der Waals surface area contributed by atoms with Gasteiger partial charge in [0.25, 0.3) is 0 Å².